The number of benzene rings is 1. The number of hydrogen-bond donors (Lipinski definition) is 1. The largest absolute Gasteiger partial charge is 0.508 e. The smallest absolute Gasteiger partial charge is 0.265 e. The molecule has 5 aromatic rings. The Morgan fingerprint density at radius 2 is 1.82 bits per heavy atom. The summed E-state index contributed by atoms with van der Waals surface area (Å²) in [5.74, 6) is 0.177. The lowest BCUT2D eigenvalue weighted by molar-refractivity contribution is 0.476. The highest BCUT2D eigenvalue weighted by Crippen LogP contribution is 2.33. The van der Waals surface area contributed by atoms with Gasteiger partial charge in [-0.15, -0.1) is 0 Å². The lowest BCUT2D eigenvalue weighted by Gasteiger charge is -2.04. The second-order valence-electron chi connectivity index (χ2n) is 5.32. The predicted octanol–water partition coefficient (Wildman–Crippen LogP) is 2.69. The summed E-state index contributed by atoms with van der Waals surface area (Å²) in [6.07, 6.45) is 4.97. The fourth-order valence-electron chi connectivity index (χ4n) is 3.25. The minimum absolute atomic E-state index is 0.116. The molecule has 0 aliphatic carbocycles. The number of fused-ring (bicyclic) bond motifs is 5. The van der Waals surface area contributed by atoms with E-state index in [0.29, 0.717) is 5.39 Å². The van der Waals surface area contributed by atoms with Gasteiger partial charge < -0.3 is 5.11 Å². The first-order chi connectivity index (χ1) is 10.8. The van der Waals surface area contributed by atoms with Crippen LogP contribution in [0.5, 0.6) is 5.75 Å². The molecule has 22 heavy (non-hydrogen) atoms. The molecular weight excluding hydrogens is 278 g/mol. The third-order valence-corrected chi connectivity index (χ3v) is 4.17. The molecule has 0 saturated heterocycles. The van der Waals surface area contributed by atoms with Crippen LogP contribution in [0.1, 0.15) is 0 Å². The van der Waals surface area contributed by atoms with Crippen LogP contribution >= 0.6 is 0 Å². The molecule has 0 unspecified atom stereocenters. The molecule has 0 atom stereocenters. The Kier molecular flexibility index (Phi) is 1.93. The molecule has 0 saturated carbocycles. The average molecular weight is 287 g/mol. The molecule has 0 aliphatic rings. The molecule has 0 aliphatic heterocycles. The van der Waals surface area contributed by atoms with Crippen LogP contribution in [0.25, 0.3) is 38.1 Å². The zero-order valence-corrected chi connectivity index (χ0v) is 11.3. The van der Waals surface area contributed by atoms with Gasteiger partial charge in [-0.3, -0.25) is 19.2 Å². The number of nitrogens with zero attached hydrogens (tertiary/aromatic N) is 3. The first-order valence-corrected chi connectivity index (χ1v) is 6.87. The Bertz CT molecular complexity index is 1260. The first kappa shape index (κ1) is 11.4. The van der Waals surface area contributed by atoms with Crippen LogP contribution in [0, 0.1) is 0 Å². The molecule has 0 bridgehead atoms. The van der Waals surface area contributed by atoms with Crippen molar-refractivity contribution < 1.29 is 5.11 Å². The van der Waals surface area contributed by atoms with E-state index in [2.05, 4.69) is 9.97 Å². The van der Waals surface area contributed by atoms with Gasteiger partial charge in [-0.05, 0) is 30.3 Å². The van der Waals surface area contributed by atoms with E-state index in [1.54, 1.807) is 41.2 Å². The van der Waals surface area contributed by atoms with E-state index in [4.69, 9.17) is 0 Å². The highest BCUT2D eigenvalue weighted by atomic mass is 16.3. The Balaban J connectivity index is 2.29. The highest BCUT2D eigenvalue weighted by Gasteiger charge is 2.17. The van der Waals surface area contributed by atoms with E-state index < -0.39 is 0 Å². The summed E-state index contributed by atoms with van der Waals surface area (Å²) in [4.78, 5) is 21.4. The normalized spacial score (nSPS) is 12.0. The second-order valence-corrected chi connectivity index (χ2v) is 5.32. The van der Waals surface area contributed by atoms with Crippen molar-refractivity contribution in [2.75, 3.05) is 0 Å². The van der Waals surface area contributed by atoms with E-state index in [9.17, 15) is 9.90 Å². The van der Waals surface area contributed by atoms with Crippen LogP contribution in [0.15, 0.2) is 53.7 Å². The van der Waals surface area contributed by atoms with E-state index in [1.807, 2.05) is 12.1 Å². The quantitative estimate of drug-likeness (QED) is 0.445. The van der Waals surface area contributed by atoms with Crippen LogP contribution < -0.4 is 5.56 Å². The predicted molar refractivity (Wildman–Crippen MR) is 84.6 cm³/mol. The summed E-state index contributed by atoms with van der Waals surface area (Å²) < 4.78 is 1.66. The molecule has 0 radical (unpaired) electrons. The maximum atomic E-state index is 12.9. The fourth-order valence-corrected chi connectivity index (χ4v) is 3.25. The molecule has 4 heterocycles. The van der Waals surface area contributed by atoms with E-state index in [-0.39, 0.29) is 11.3 Å². The topological polar surface area (TPSA) is 67.5 Å². The first-order valence-electron chi connectivity index (χ1n) is 6.87. The Morgan fingerprint density at radius 1 is 0.955 bits per heavy atom. The molecule has 5 rings (SSSR count). The van der Waals surface area contributed by atoms with Crippen LogP contribution in [0.3, 0.4) is 0 Å². The summed E-state index contributed by atoms with van der Waals surface area (Å²) in [7, 11) is 0. The summed E-state index contributed by atoms with van der Waals surface area (Å²) in [6, 6.07) is 8.71. The van der Waals surface area contributed by atoms with Crippen molar-refractivity contribution in [3.05, 3.63) is 59.3 Å². The van der Waals surface area contributed by atoms with Crippen molar-refractivity contribution in [3.63, 3.8) is 0 Å². The molecule has 5 nitrogen and oxygen atoms in total. The summed E-state index contributed by atoms with van der Waals surface area (Å²) >= 11 is 0. The SMILES string of the molecule is O=c1c2cnccc2c2nccc3c4cc(O)ccc4n1c32. The molecule has 0 fully saturated rings. The van der Waals surface area contributed by atoms with Crippen molar-refractivity contribution in [1.29, 1.82) is 0 Å². The maximum Gasteiger partial charge on any atom is 0.265 e. The van der Waals surface area contributed by atoms with E-state index in [0.717, 1.165) is 32.7 Å². The van der Waals surface area contributed by atoms with Crippen molar-refractivity contribution in [2.45, 2.75) is 0 Å². The maximum absolute atomic E-state index is 12.9. The van der Waals surface area contributed by atoms with Crippen molar-refractivity contribution in [3.8, 4) is 5.75 Å². The van der Waals surface area contributed by atoms with E-state index >= 15 is 0 Å². The zero-order chi connectivity index (χ0) is 14.8. The minimum Gasteiger partial charge on any atom is -0.508 e. The summed E-state index contributed by atoms with van der Waals surface area (Å²) in [5.41, 5.74) is 2.20. The molecule has 1 aromatic carbocycles. The van der Waals surface area contributed by atoms with Gasteiger partial charge >= 0.3 is 0 Å². The van der Waals surface area contributed by atoms with Crippen molar-refractivity contribution in [2.24, 2.45) is 0 Å². The summed E-state index contributed by atoms with van der Waals surface area (Å²) in [6.45, 7) is 0. The number of hydrogen-bond acceptors (Lipinski definition) is 4. The highest BCUT2D eigenvalue weighted by molar-refractivity contribution is 6.18. The lowest BCUT2D eigenvalue weighted by atomic mass is 10.1. The number of aromatic hydroxyl groups is 1. The number of phenols is 1. The van der Waals surface area contributed by atoms with Crippen LogP contribution in [-0.4, -0.2) is 19.5 Å². The van der Waals surface area contributed by atoms with Gasteiger partial charge in [0.25, 0.3) is 5.56 Å². The Labute approximate surface area is 123 Å². The molecule has 5 heteroatoms. The van der Waals surface area contributed by atoms with Gasteiger partial charge in [-0.2, -0.15) is 0 Å². The Morgan fingerprint density at radius 3 is 2.73 bits per heavy atom. The van der Waals surface area contributed by atoms with Crippen LogP contribution in [-0.2, 0) is 0 Å². The molecular formula is C17H9N3O2. The number of aromatic nitrogens is 3. The number of phenolic OH excluding ortho intramolecular Hbond substituents is 1. The molecule has 104 valence electrons. The minimum atomic E-state index is -0.116. The number of rotatable bonds is 0. The van der Waals surface area contributed by atoms with Crippen LogP contribution in [0.4, 0.5) is 0 Å². The van der Waals surface area contributed by atoms with Crippen molar-refractivity contribution >= 4 is 38.1 Å². The van der Waals surface area contributed by atoms with Gasteiger partial charge in [0.05, 0.1) is 21.9 Å². The molecule has 0 amide bonds. The Hall–Kier alpha value is -3.21. The van der Waals surface area contributed by atoms with Gasteiger partial charge in [0, 0.05) is 34.7 Å². The van der Waals surface area contributed by atoms with Gasteiger partial charge in [0.2, 0.25) is 0 Å². The van der Waals surface area contributed by atoms with Crippen molar-refractivity contribution in [1.82, 2.24) is 14.4 Å². The molecule has 0 spiro atoms. The van der Waals surface area contributed by atoms with Crippen LogP contribution in [0.2, 0.25) is 0 Å². The fraction of sp³-hybridized carbons (Fsp3) is 0. The molecule has 1 N–H and O–H groups in total. The standard InChI is InChI=1S/C17H9N3O2/c21-9-1-2-14-12(7-9)11-4-6-19-15-10-3-5-18-8-13(10)17(22)20(14)16(11)15/h1-8,21H. The summed E-state index contributed by atoms with van der Waals surface area (Å²) in [5, 5.41) is 12.9. The lowest BCUT2D eigenvalue weighted by Crippen LogP contribution is -2.13. The second kappa shape index (κ2) is 3.71. The zero-order valence-electron chi connectivity index (χ0n) is 11.3. The van der Waals surface area contributed by atoms with Gasteiger partial charge in [0.1, 0.15) is 5.75 Å². The third-order valence-electron chi connectivity index (χ3n) is 4.17. The van der Waals surface area contributed by atoms with E-state index in [1.165, 1.54) is 0 Å². The average Bonchev–Trinajstić information content (AvgIpc) is 2.88. The monoisotopic (exact) mass is 287 g/mol. The van der Waals surface area contributed by atoms with Gasteiger partial charge in [-0.25, -0.2) is 0 Å². The van der Waals surface area contributed by atoms with Gasteiger partial charge in [-0.1, -0.05) is 0 Å². The number of pyridine rings is 3. The third kappa shape index (κ3) is 1.21. The molecule has 4 aromatic heterocycles. The van der Waals surface area contributed by atoms with Gasteiger partial charge in [0.15, 0.2) is 0 Å².